The van der Waals surface area contributed by atoms with E-state index in [2.05, 4.69) is 4.72 Å². The van der Waals surface area contributed by atoms with Crippen LogP contribution in [0.25, 0.3) is 0 Å². The molecule has 2 atom stereocenters. The molecule has 3 rings (SSSR count). The highest BCUT2D eigenvalue weighted by Gasteiger charge is 2.42. The van der Waals surface area contributed by atoms with E-state index >= 15 is 0 Å². The molecule has 0 radical (unpaired) electrons. The molecule has 21 heavy (non-hydrogen) atoms. The molecule has 0 amide bonds. The quantitative estimate of drug-likeness (QED) is 0.860. The summed E-state index contributed by atoms with van der Waals surface area (Å²) in [5.41, 5.74) is 6.20. The monoisotopic (exact) mass is 330 g/mol. The normalized spacial score (nSPS) is 26.2. The van der Waals surface area contributed by atoms with Crippen LogP contribution in [0, 0.1) is 5.92 Å². The van der Waals surface area contributed by atoms with E-state index in [0.717, 1.165) is 19.3 Å². The Morgan fingerprint density at radius 2 is 2.10 bits per heavy atom. The lowest BCUT2D eigenvalue weighted by Gasteiger charge is -2.19. The molecule has 1 aromatic rings. The van der Waals surface area contributed by atoms with Crippen molar-refractivity contribution in [3.63, 3.8) is 0 Å². The highest BCUT2D eigenvalue weighted by atomic mass is 35.5. The predicted octanol–water partition coefficient (Wildman–Crippen LogP) is 1.64. The molecule has 5 nitrogen and oxygen atoms in total. The average molecular weight is 331 g/mol. The Kier molecular flexibility index (Phi) is 4.25. The van der Waals surface area contributed by atoms with Crippen molar-refractivity contribution >= 4 is 21.6 Å². The zero-order chi connectivity index (χ0) is 15.0. The van der Waals surface area contributed by atoms with Gasteiger partial charge in [-0.15, -0.1) is 0 Å². The van der Waals surface area contributed by atoms with Gasteiger partial charge in [-0.3, -0.25) is 0 Å². The number of nitrogens with two attached hydrogens (primary N) is 1. The van der Waals surface area contributed by atoms with Crippen LogP contribution < -0.4 is 10.5 Å². The molecule has 3 N–H and O–H groups in total. The van der Waals surface area contributed by atoms with Crippen LogP contribution in [0.3, 0.4) is 0 Å². The number of halogens is 1. The van der Waals surface area contributed by atoms with Crippen molar-refractivity contribution < 1.29 is 13.2 Å². The second kappa shape index (κ2) is 5.85. The van der Waals surface area contributed by atoms with E-state index in [9.17, 15) is 8.42 Å². The molecular weight excluding hydrogens is 312 g/mol. The van der Waals surface area contributed by atoms with E-state index in [4.69, 9.17) is 22.1 Å². The van der Waals surface area contributed by atoms with Gasteiger partial charge in [-0.05, 0) is 48.9 Å². The van der Waals surface area contributed by atoms with Gasteiger partial charge in [0.25, 0.3) is 0 Å². The first-order valence-electron chi connectivity index (χ1n) is 7.13. The molecule has 1 aromatic carbocycles. The Morgan fingerprint density at radius 3 is 2.76 bits per heavy atom. The van der Waals surface area contributed by atoms with Crippen LogP contribution in [0.2, 0.25) is 5.02 Å². The maximum Gasteiger partial charge on any atom is 0.240 e. The van der Waals surface area contributed by atoms with Gasteiger partial charge in [0.15, 0.2) is 0 Å². The molecule has 2 fully saturated rings. The van der Waals surface area contributed by atoms with Crippen molar-refractivity contribution in [2.75, 3.05) is 6.61 Å². The number of sulfonamides is 1. The summed E-state index contributed by atoms with van der Waals surface area (Å²) in [5.74, 6) is 0.505. The van der Waals surface area contributed by atoms with Gasteiger partial charge in [0.2, 0.25) is 10.0 Å². The molecule has 1 aliphatic heterocycles. The molecule has 2 unspecified atom stereocenters. The van der Waals surface area contributed by atoms with Gasteiger partial charge >= 0.3 is 0 Å². The average Bonchev–Trinajstić information content (AvgIpc) is 3.20. The third-order valence-corrected chi connectivity index (χ3v) is 5.93. The number of ether oxygens (including phenoxy) is 1. The van der Waals surface area contributed by atoms with Crippen molar-refractivity contribution in [1.82, 2.24) is 4.72 Å². The zero-order valence-corrected chi connectivity index (χ0v) is 13.2. The SMILES string of the molecule is NCc1cc(S(=O)(=O)NC2CCOC2C2CC2)ccc1Cl. The topological polar surface area (TPSA) is 81.4 Å². The second-order valence-electron chi connectivity index (χ2n) is 5.65. The molecule has 2 aliphatic rings. The lowest BCUT2D eigenvalue weighted by Crippen LogP contribution is -2.41. The summed E-state index contributed by atoms with van der Waals surface area (Å²) in [5, 5.41) is 0.483. The third-order valence-electron chi connectivity index (χ3n) is 4.08. The number of rotatable bonds is 5. The van der Waals surface area contributed by atoms with E-state index in [0.29, 0.717) is 23.1 Å². The lowest BCUT2D eigenvalue weighted by atomic mass is 10.1. The van der Waals surface area contributed by atoms with E-state index in [-0.39, 0.29) is 23.6 Å². The fraction of sp³-hybridized carbons (Fsp3) is 0.571. The van der Waals surface area contributed by atoms with Crippen molar-refractivity contribution in [1.29, 1.82) is 0 Å². The Hall–Kier alpha value is -0.660. The molecular formula is C14H19ClN2O3S. The first-order valence-corrected chi connectivity index (χ1v) is 9.00. The van der Waals surface area contributed by atoms with Crippen LogP contribution >= 0.6 is 11.6 Å². The zero-order valence-electron chi connectivity index (χ0n) is 11.6. The highest BCUT2D eigenvalue weighted by Crippen LogP contribution is 2.39. The van der Waals surface area contributed by atoms with Crippen LogP contribution in [-0.4, -0.2) is 27.2 Å². The first-order chi connectivity index (χ1) is 10.0. The third kappa shape index (κ3) is 3.24. The molecule has 0 spiro atoms. The fourth-order valence-corrected chi connectivity index (χ4v) is 4.29. The van der Waals surface area contributed by atoms with Gasteiger partial charge in [-0.25, -0.2) is 13.1 Å². The Morgan fingerprint density at radius 1 is 1.33 bits per heavy atom. The summed E-state index contributed by atoms with van der Waals surface area (Å²) < 4.78 is 33.5. The van der Waals surface area contributed by atoms with E-state index in [1.165, 1.54) is 12.1 Å². The number of nitrogens with one attached hydrogen (secondary N) is 1. The van der Waals surface area contributed by atoms with Crippen LogP contribution in [0.5, 0.6) is 0 Å². The Balaban J connectivity index is 1.80. The maximum absolute atomic E-state index is 12.5. The molecule has 1 aliphatic carbocycles. The van der Waals surface area contributed by atoms with Gasteiger partial charge in [0.05, 0.1) is 17.0 Å². The van der Waals surface area contributed by atoms with Crippen molar-refractivity contribution in [3.8, 4) is 0 Å². The van der Waals surface area contributed by atoms with Crippen LogP contribution in [0.1, 0.15) is 24.8 Å². The number of benzene rings is 1. The minimum absolute atomic E-state index is 0.0149. The van der Waals surface area contributed by atoms with Gasteiger partial charge in [0, 0.05) is 18.2 Å². The number of hydrogen-bond donors (Lipinski definition) is 2. The van der Waals surface area contributed by atoms with Gasteiger partial charge in [0.1, 0.15) is 0 Å². The number of hydrogen-bond acceptors (Lipinski definition) is 4. The molecule has 0 bridgehead atoms. The van der Waals surface area contributed by atoms with Crippen LogP contribution in [-0.2, 0) is 21.3 Å². The smallest absolute Gasteiger partial charge is 0.240 e. The molecule has 7 heteroatoms. The lowest BCUT2D eigenvalue weighted by molar-refractivity contribution is 0.0848. The summed E-state index contributed by atoms with van der Waals surface area (Å²) in [6.45, 7) is 0.822. The summed E-state index contributed by atoms with van der Waals surface area (Å²) in [7, 11) is -3.58. The first kappa shape index (κ1) is 15.2. The second-order valence-corrected chi connectivity index (χ2v) is 7.77. The van der Waals surface area contributed by atoms with E-state index in [1.807, 2.05) is 0 Å². The van der Waals surface area contributed by atoms with E-state index < -0.39 is 10.0 Å². The maximum atomic E-state index is 12.5. The predicted molar refractivity (Wildman–Crippen MR) is 80.5 cm³/mol. The standard InChI is InChI=1S/C14H19ClN2O3S/c15-12-4-3-11(7-10(12)8-16)21(18,19)17-13-5-6-20-14(13)9-1-2-9/h3-4,7,9,13-14,17H,1-2,5-6,8,16H2. The fourth-order valence-electron chi connectivity index (χ4n) is 2.77. The largest absolute Gasteiger partial charge is 0.376 e. The molecule has 0 aromatic heterocycles. The molecule has 1 saturated carbocycles. The summed E-state index contributed by atoms with van der Waals surface area (Å²) in [6.07, 6.45) is 2.99. The summed E-state index contributed by atoms with van der Waals surface area (Å²) in [4.78, 5) is 0.203. The van der Waals surface area contributed by atoms with E-state index in [1.54, 1.807) is 6.07 Å². The minimum Gasteiger partial charge on any atom is -0.376 e. The Bertz CT molecular complexity index is 631. The van der Waals surface area contributed by atoms with Gasteiger partial charge in [-0.2, -0.15) is 0 Å². The van der Waals surface area contributed by atoms with Crippen molar-refractivity contribution in [2.45, 2.75) is 42.8 Å². The summed E-state index contributed by atoms with van der Waals surface area (Å²) in [6, 6.07) is 4.47. The van der Waals surface area contributed by atoms with Crippen molar-refractivity contribution in [3.05, 3.63) is 28.8 Å². The minimum atomic E-state index is -3.58. The highest BCUT2D eigenvalue weighted by molar-refractivity contribution is 7.89. The van der Waals surface area contributed by atoms with Gasteiger partial charge < -0.3 is 10.5 Å². The molecule has 116 valence electrons. The van der Waals surface area contributed by atoms with Crippen LogP contribution in [0.4, 0.5) is 0 Å². The van der Waals surface area contributed by atoms with Crippen LogP contribution in [0.15, 0.2) is 23.1 Å². The Labute approximate surface area is 129 Å². The molecule has 1 saturated heterocycles. The van der Waals surface area contributed by atoms with Crippen molar-refractivity contribution in [2.24, 2.45) is 11.7 Å². The van der Waals surface area contributed by atoms with Gasteiger partial charge in [-0.1, -0.05) is 11.6 Å². The summed E-state index contributed by atoms with van der Waals surface area (Å²) >= 11 is 5.97. The molecule has 1 heterocycles.